The van der Waals surface area contributed by atoms with Gasteiger partial charge in [0.2, 0.25) is 5.91 Å². The first-order valence-electron chi connectivity index (χ1n) is 5.76. The molecular formula is C14H16N2O. The summed E-state index contributed by atoms with van der Waals surface area (Å²) in [4.78, 5) is 13.5. The molecule has 0 unspecified atom stereocenters. The van der Waals surface area contributed by atoms with Gasteiger partial charge in [-0.05, 0) is 18.4 Å². The van der Waals surface area contributed by atoms with Crippen LogP contribution >= 0.6 is 0 Å². The Labute approximate surface area is 101 Å². The molecule has 2 N–H and O–H groups in total. The van der Waals surface area contributed by atoms with Crippen LogP contribution in [0.4, 0.5) is 5.69 Å². The lowest BCUT2D eigenvalue weighted by Crippen LogP contribution is -2.35. The molecule has 0 fully saturated rings. The van der Waals surface area contributed by atoms with Crippen LogP contribution in [-0.4, -0.2) is 19.0 Å². The fourth-order valence-corrected chi connectivity index (χ4v) is 2.03. The third-order valence-corrected chi connectivity index (χ3v) is 2.85. The molecule has 17 heavy (non-hydrogen) atoms. The van der Waals surface area contributed by atoms with Gasteiger partial charge in [0.05, 0.1) is 12.2 Å². The number of anilines is 1. The van der Waals surface area contributed by atoms with Crippen LogP contribution in [0, 0.1) is 0 Å². The van der Waals surface area contributed by atoms with E-state index in [1.165, 1.54) is 0 Å². The minimum absolute atomic E-state index is 0.0388. The van der Waals surface area contributed by atoms with E-state index in [1.54, 1.807) is 4.90 Å². The summed E-state index contributed by atoms with van der Waals surface area (Å²) in [5.41, 5.74) is 6.37. The van der Waals surface area contributed by atoms with Crippen LogP contribution in [0.15, 0.2) is 42.5 Å². The first kappa shape index (κ1) is 11.6. The lowest BCUT2D eigenvalue weighted by molar-refractivity contribution is -0.117. The van der Waals surface area contributed by atoms with E-state index in [1.807, 2.05) is 49.4 Å². The summed E-state index contributed by atoms with van der Waals surface area (Å²) in [5, 5.41) is 2.21. The fourth-order valence-electron chi connectivity index (χ4n) is 2.03. The third-order valence-electron chi connectivity index (χ3n) is 2.85. The summed E-state index contributed by atoms with van der Waals surface area (Å²) in [7, 11) is 0. The predicted octanol–water partition coefficient (Wildman–Crippen LogP) is 2.15. The molecule has 0 saturated carbocycles. The van der Waals surface area contributed by atoms with Gasteiger partial charge in [0.15, 0.2) is 0 Å². The Morgan fingerprint density at radius 2 is 1.88 bits per heavy atom. The van der Waals surface area contributed by atoms with Crippen molar-refractivity contribution in [2.45, 2.75) is 6.92 Å². The fraction of sp³-hybridized carbons (Fsp3) is 0.214. The zero-order chi connectivity index (χ0) is 12.3. The van der Waals surface area contributed by atoms with Crippen LogP contribution in [0.1, 0.15) is 6.92 Å². The van der Waals surface area contributed by atoms with Gasteiger partial charge >= 0.3 is 0 Å². The Morgan fingerprint density at radius 3 is 2.59 bits per heavy atom. The highest BCUT2D eigenvalue weighted by Crippen LogP contribution is 2.26. The van der Waals surface area contributed by atoms with E-state index in [4.69, 9.17) is 5.73 Å². The van der Waals surface area contributed by atoms with Gasteiger partial charge in [-0.2, -0.15) is 0 Å². The summed E-state index contributed by atoms with van der Waals surface area (Å²) in [6, 6.07) is 14.0. The van der Waals surface area contributed by atoms with Crippen molar-refractivity contribution in [2.75, 3.05) is 18.0 Å². The van der Waals surface area contributed by atoms with Gasteiger partial charge in [0.1, 0.15) is 0 Å². The van der Waals surface area contributed by atoms with Crippen LogP contribution in [-0.2, 0) is 4.79 Å². The maximum absolute atomic E-state index is 11.8. The van der Waals surface area contributed by atoms with Crippen molar-refractivity contribution in [3.05, 3.63) is 42.5 Å². The molecule has 3 nitrogen and oxygen atoms in total. The van der Waals surface area contributed by atoms with Gasteiger partial charge in [0, 0.05) is 11.9 Å². The first-order valence-corrected chi connectivity index (χ1v) is 5.76. The predicted molar refractivity (Wildman–Crippen MR) is 71.0 cm³/mol. The molecule has 0 saturated heterocycles. The Kier molecular flexibility index (Phi) is 3.40. The zero-order valence-electron chi connectivity index (χ0n) is 9.89. The molecule has 0 aliphatic rings. The molecule has 0 aliphatic heterocycles. The molecular weight excluding hydrogens is 212 g/mol. The van der Waals surface area contributed by atoms with E-state index >= 15 is 0 Å². The number of amides is 1. The van der Waals surface area contributed by atoms with E-state index in [9.17, 15) is 4.79 Å². The summed E-state index contributed by atoms with van der Waals surface area (Å²) >= 11 is 0. The number of nitrogens with two attached hydrogens (primary N) is 1. The van der Waals surface area contributed by atoms with E-state index < -0.39 is 0 Å². The molecule has 2 aromatic rings. The van der Waals surface area contributed by atoms with Gasteiger partial charge < -0.3 is 10.6 Å². The van der Waals surface area contributed by atoms with Crippen LogP contribution in [0.3, 0.4) is 0 Å². The van der Waals surface area contributed by atoms with Crippen molar-refractivity contribution in [1.29, 1.82) is 0 Å². The first-order chi connectivity index (χ1) is 8.27. The van der Waals surface area contributed by atoms with Crippen molar-refractivity contribution in [3.63, 3.8) is 0 Å². The molecule has 0 bridgehead atoms. The van der Waals surface area contributed by atoms with Crippen LogP contribution in [0.2, 0.25) is 0 Å². The smallest absolute Gasteiger partial charge is 0.240 e. The molecule has 0 radical (unpaired) electrons. The number of hydrogen-bond acceptors (Lipinski definition) is 2. The molecule has 1 amide bonds. The van der Waals surface area contributed by atoms with Crippen LogP contribution in [0.5, 0.6) is 0 Å². The maximum atomic E-state index is 11.8. The zero-order valence-corrected chi connectivity index (χ0v) is 9.89. The van der Waals surface area contributed by atoms with Gasteiger partial charge in [0.25, 0.3) is 0 Å². The van der Waals surface area contributed by atoms with E-state index in [-0.39, 0.29) is 12.5 Å². The lowest BCUT2D eigenvalue weighted by atomic mass is 10.1. The third kappa shape index (κ3) is 2.15. The Morgan fingerprint density at radius 1 is 1.18 bits per heavy atom. The molecule has 88 valence electrons. The highest BCUT2D eigenvalue weighted by Gasteiger charge is 2.13. The van der Waals surface area contributed by atoms with Crippen molar-refractivity contribution in [2.24, 2.45) is 5.73 Å². The molecule has 0 atom stereocenters. The second kappa shape index (κ2) is 4.97. The highest BCUT2D eigenvalue weighted by molar-refractivity contribution is 6.04. The molecule has 2 aromatic carbocycles. The summed E-state index contributed by atoms with van der Waals surface area (Å²) in [6.07, 6.45) is 0. The maximum Gasteiger partial charge on any atom is 0.240 e. The van der Waals surface area contributed by atoms with Crippen molar-refractivity contribution < 1.29 is 4.79 Å². The van der Waals surface area contributed by atoms with Gasteiger partial charge in [-0.3, -0.25) is 4.79 Å². The topological polar surface area (TPSA) is 46.3 Å². The van der Waals surface area contributed by atoms with Gasteiger partial charge in [-0.15, -0.1) is 0 Å². The minimum Gasteiger partial charge on any atom is -0.322 e. The quantitative estimate of drug-likeness (QED) is 0.875. The van der Waals surface area contributed by atoms with Crippen molar-refractivity contribution in [1.82, 2.24) is 0 Å². The van der Waals surface area contributed by atoms with Gasteiger partial charge in [-0.1, -0.05) is 36.4 Å². The molecule has 0 spiro atoms. The van der Waals surface area contributed by atoms with Crippen LogP contribution < -0.4 is 10.6 Å². The second-order valence-corrected chi connectivity index (χ2v) is 3.84. The Hall–Kier alpha value is -1.87. The monoisotopic (exact) mass is 228 g/mol. The average molecular weight is 228 g/mol. The van der Waals surface area contributed by atoms with E-state index in [2.05, 4.69) is 0 Å². The van der Waals surface area contributed by atoms with Crippen molar-refractivity contribution in [3.8, 4) is 0 Å². The summed E-state index contributed by atoms with van der Waals surface area (Å²) in [5.74, 6) is -0.0520. The summed E-state index contributed by atoms with van der Waals surface area (Å²) < 4.78 is 0. The number of carbonyl (C=O) groups excluding carboxylic acids is 1. The SMILES string of the molecule is CCN(C(=O)CN)c1cccc2ccccc12. The number of nitrogens with zero attached hydrogens (tertiary/aromatic N) is 1. The number of likely N-dealkylation sites (N-methyl/N-ethyl adjacent to an activating group) is 1. The number of hydrogen-bond donors (Lipinski definition) is 1. The van der Waals surface area contributed by atoms with E-state index in [0.717, 1.165) is 16.5 Å². The second-order valence-electron chi connectivity index (χ2n) is 3.84. The average Bonchev–Trinajstić information content (AvgIpc) is 2.39. The molecule has 0 heterocycles. The Bertz CT molecular complexity index is 531. The Balaban J connectivity index is 2.57. The molecule has 2 rings (SSSR count). The largest absolute Gasteiger partial charge is 0.322 e. The molecule has 0 aromatic heterocycles. The van der Waals surface area contributed by atoms with Gasteiger partial charge in [-0.25, -0.2) is 0 Å². The normalized spacial score (nSPS) is 10.5. The molecule has 0 aliphatic carbocycles. The number of carbonyl (C=O) groups is 1. The lowest BCUT2D eigenvalue weighted by Gasteiger charge is -2.22. The standard InChI is InChI=1S/C14H16N2O/c1-2-16(14(17)10-15)13-9-5-7-11-6-3-4-8-12(11)13/h3-9H,2,10,15H2,1H3. The van der Waals surface area contributed by atoms with E-state index in [0.29, 0.717) is 6.54 Å². The van der Waals surface area contributed by atoms with Crippen LogP contribution in [0.25, 0.3) is 10.8 Å². The molecule has 3 heteroatoms. The number of benzene rings is 2. The number of fused-ring (bicyclic) bond motifs is 1. The van der Waals surface area contributed by atoms with Crippen molar-refractivity contribution >= 4 is 22.4 Å². The summed E-state index contributed by atoms with van der Waals surface area (Å²) in [6.45, 7) is 2.62. The number of rotatable bonds is 3. The highest BCUT2D eigenvalue weighted by atomic mass is 16.2. The minimum atomic E-state index is -0.0520.